The zero-order valence-electron chi connectivity index (χ0n) is 11.7. The average Bonchev–Trinajstić information content (AvgIpc) is 2.37. The van der Waals surface area contributed by atoms with Gasteiger partial charge < -0.3 is 0 Å². The molecular weight excluding hydrogens is 306 g/mol. The predicted molar refractivity (Wildman–Crippen MR) is 71.4 cm³/mol. The van der Waals surface area contributed by atoms with Crippen LogP contribution in [0.2, 0.25) is 0 Å². The van der Waals surface area contributed by atoms with Gasteiger partial charge in [0, 0.05) is 0 Å². The zero-order valence-corrected chi connectivity index (χ0v) is 11.7. The highest BCUT2D eigenvalue weighted by atomic mass is 19.4. The summed E-state index contributed by atoms with van der Waals surface area (Å²) in [6, 6.07) is 7.92. The van der Waals surface area contributed by atoms with Crippen molar-refractivity contribution in [2.45, 2.75) is 26.2 Å². The Morgan fingerprint density at radius 3 is 1.59 bits per heavy atom. The van der Waals surface area contributed by atoms with Crippen molar-refractivity contribution >= 4 is 0 Å². The Balaban J connectivity index is 2.80. The van der Waals surface area contributed by atoms with E-state index in [0.29, 0.717) is 11.1 Å². The fraction of sp³-hybridized carbons (Fsp3) is 0.250. The lowest BCUT2D eigenvalue weighted by molar-refractivity contribution is -0.143. The summed E-state index contributed by atoms with van der Waals surface area (Å²) in [5.41, 5.74) is -2.48. The smallest absolute Gasteiger partial charge is 0.166 e. The van der Waals surface area contributed by atoms with E-state index < -0.39 is 29.0 Å². The van der Waals surface area contributed by atoms with Crippen molar-refractivity contribution in [1.82, 2.24) is 0 Å². The molecule has 0 nitrogen and oxygen atoms in total. The van der Waals surface area contributed by atoms with Gasteiger partial charge in [0.2, 0.25) is 0 Å². The summed E-state index contributed by atoms with van der Waals surface area (Å²) in [7, 11) is 0. The number of hydrogen-bond donors (Lipinski definition) is 0. The highest BCUT2D eigenvalue weighted by molar-refractivity contribution is 5.70. The summed E-state index contributed by atoms with van der Waals surface area (Å²) in [4.78, 5) is 0. The SMILES string of the molecule is Cc1ccccc1-c1cc(C(F)(F)F)c(C)c(C(F)(F)F)c1. The molecule has 2 aromatic rings. The number of aryl methyl sites for hydroxylation is 1. The molecule has 2 rings (SSSR count). The number of benzene rings is 2. The van der Waals surface area contributed by atoms with Crippen LogP contribution in [0.25, 0.3) is 11.1 Å². The molecule has 0 saturated carbocycles. The van der Waals surface area contributed by atoms with Crippen LogP contribution in [0.5, 0.6) is 0 Å². The van der Waals surface area contributed by atoms with E-state index in [1.54, 1.807) is 25.1 Å². The lowest BCUT2D eigenvalue weighted by Crippen LogP contribution is -2.15. The van der Waals surface area contributed by atoms with Gasteiger partial charge in [-0.05, 0) is 48.2 Å². The van der Waals surface area contributed by atoms with Gasteiger partial charge in [-0.25, -0.2) is 0 Å². The van der Waals surface area contributed by atoms with E-state index in [1.165, 1.54) is 6.07 Å². The van der Waals surface area contributed by atoms with Gasteiger partial charge in [0.25, 0.3) is 0 Å². The summed E-state index contributed by atoms with van der Waals surface area (Å²) >= 11 is 0. The van der Waals surface area contributed by atoms with Gasteiger partial charge >= 0.3 is 12.4 Å². The summed E-state index contributed by atoms with van der Waals surface area (Å²) in [6.45, 7) is 2.48. The molecular formula is C16H12F6. The molecule has 0 bridgehead atoms. The van der Waals surface area contributed by atoms with Gasteiger partial charge in [-0.1, -0.05) is 24.3 Å². The normalized spacial score (nSPS) is 12.5. The van der Waals surface area contributed by atoms with Crippen molar-refractivity contribution in [2.75, 3.05) is 0 Å². The van der Waals surface area contributed by atoms with Crippen LogP contribution in [0.3, 0.4) is 0 Å². The molecule has 2 aromatic carbocycles. The fourth-order valence-electron chi connectivity index (χ4n) is 2.36. The minimum Gasteiger partial charge on any atom is -0.166 e. The molecule has 0 fully saturated rings. The molecule has 0 atom stereocenters. The lowest BCUT2D eigenvalue weighted by Gasteiger charge is -2.19. The maximum Gasteiger partial charge on any atom is 0.416 e. The van der Waals surface area contributed by atoms with Crippen LogP contribution in [-0.2, 0) is 12.4 Å². The zero-order chi connectivity index (χ0) is 16.7. The van der Waals surface area contributed by atoms with Crippen LogP contribution in [-0.4, -0.2) is 0 Å². The third-order valence-corrected chi connectivity index (χ3v) is 3.47. The van der Waals surface area contributed by atoms with Crippen molar-refractivity contribution in [3.63, 3.8) is 0 Å². The first-order valence-electron chi connectivity index (χ1n) is 6.37. The average molecular weight is 318 g/mol. The standard InChI is InChI=1S/C16H12F6/c1-9-5-3-4-6-12(9)11-7-13(15(17,18)19)10(2)14(8-11)16(20,21)22/h3-8H,1-2H3. The van der Waals surface area contributed by atoms with Crippen molar-refractivity contribution in [2.24, 2.45) is 0 Å². The molecule has 6 heteroatoms. The Bertz CT molecular complexity index is 660. The summed E-state index contributed by atoms with van der Waals surface area (Å²) < 4.78 is 78.3. The Kier molecular flexibility index (Phi) is 3.98. The summed E-state index contributed by atoms with van der Waals surface area (Å²) in [5.74, 6) is 0. The molecule has 0 N–H and O–H groups in total. The van der Waals surface area contributed by atoms with Crippen LogP contribution in [0.15, 0.2) is 36.4 Å². The van der Waals surface area contributed by atoms with E-state index >= 15 is 0 Å². The molecule has 0 spiro atoms. The van der Waals surface area contributed by atoms with Crippen LogP contribution in [0, 0.1) is 13.8 Å². The monoisotopic (exact) mass is 318 g/mol. The van der Waals surface area contributed by atoms with Gasteiger partial charge in [0.1, 0.15) is 0 Å². The third kappa shape index (κ3) is 3.10. The van der Waals surface area contributed by atoms with E-state index in [9.17, 15) is 26.3 Å². The molecule has 0 saturated heterocycles. The topological polar surface area (TPSA) is 0 Å². The third-order valence-electron chi connectivity index (χ3n) is 3.47. The molecule has 0 aromatic heterocycles. The number of halogens is 6. The van der Waals surface area contributed by atoms with Crippen molar-refractivity contribution < 1.29 is 26.3 Å². The summed E-state index contributed by atoms with van der Waals surface area (Å²) in [5, 5.41) is 0. The first-order valence-corrected chi connectivity index (χ1v) is 6.37. The number of alkyl halides is 6. The Labute approximate surface area is 123 Å². The second-order valence-corrected chi connectivity index (χ2v) is 5.01. The Morgan fingerprint density at radius 2 is 1.18 bits per heavy atom. The molecule has 0 radical (unpaired) electrons. The minimum atomic E-state index is -4.84. The summed E-state index contributed by atoms with van der Waals surface area (Å²) in [6.07, 6.45) is -9.69. The highest BCUT2D eigenvalue weighted by Crippen LogP contribution is 2.42. The molecule has 0 aliphatic rings. The maximum absolute atomic E-state index is 13.0. The van der Waals surface area contributed by atoms with Crippen LogP contribution >= 0.6 is 0 Å². The predicted octanol–water partition coefficient (Wildman–Crippen LogP) is 6.01. The molecule has 0 unspecified atom stereocenters. The van der Waals surface area contributed by atoms with Crippen molar-refractivity contribution in [3.8, 4) is 11.1 Å². The van der Waals surface area contributed by atoms with E-state index in [0.717, 1.165) is 19.1 Å². The fourth-order valence-corrected chi connectivity index (χ4v) is 2.36. The van der Waals surface area contributed by atoms with Gasteiger partial charge in [-0.2, -0.15) is 26.3 Å². The van der Waals surface area contributed by atoms with E-state index in [-0.39, 0.29) is 5.56 Å². The Hall–Kier alpha value is -1.98. The second-order valence-electron chi connectivity index (χ2n) is 5.01. The number of rotatable bonds is 1. The van der Waals surface area contributed by atoms with Crippen molar-refractivity contribution in [3.05, 3.63) is 58.7 Å². The van der Waals surface area contributed by atoms with Gasteiger partial charge in [0.15, 0.2) is 0 Å². The largest absolute Gasteiger partial charge is 0.416 e. The Morgan fingerprint density at radius 1 is 0.727 bits per heavy atom. The quantitative estimate of drug-likeness (QED) is 0.565. The van der Waals surface area contributed by atoms with E-state index in [4.69, 9.17) is 0 Å². The molecule has 0 heterocycles. The minimum absolute atomic E-state index is 0.0941. The van der Waals surface area contributed by atoms with Gasteiger partial charge in [0.05, 0.1) is 11.1 Å². The van der Waals surface area contributed by atoms with Crippen molar-refractivity contribution in [1.29, 1.82) is 0 Å². The van der Waals surface area contributed by atoms with Gasteiger partial charge in [-0.15, -0.1) is 0 Å². The maximum atomic E-state index is 13.0. The molecule has 118 valence electrons. The van der Waals surface area contributed by atoms with E-state index in [1.807, 2.05) is 0 Å². The van der Waals surface area contributed by atoms with Crippen LogP contribution in [0.4, 0.5) is 26.3 Å². The van der Waals surface area contributed by atoms with Crippen LogP contribution < -0.4 is 0 Å². The highest BCUT2D eigenvalue weighted by Gasteiger charge is 2.40. The molecule has 0 amide bonds. The first kappa shape index (κ1) is 16.4. The molecule has 22 heavy (non-hydrogen) atoms. The second kappa shape index (κ2) is 5.34. The first-order chi connectivity index (χ1) is 10.0. The number of hydrogen-bond acceptors (Lipinski definition) is 0. The lowest BCUT2D eigenvalue weighted by atomic mass is 9.92. The van der Waals surface area contributed by atoms with Crippen LogP contribution in [0.1, 0.15) is 22.3 Å². The molecule has 0 aliphatic heterocycles. The van der Waals surface area contributed by atoms with Gasteiger partial charge in [-0.3, -0.25) is 0 Å². The molecule has 0 aliphatic carbocycles. The van der Waals surface area contributed by atoms with E-state index in [2.05, 4.69) is 0 Å².